The van der Waals surface area contributed by atoms with Gasteiger partial charge >= 0.3 is 0 Å². The number of carbonyl (C=O) groups excluding carboxylic acids is 1. The first-order valence-electron chi connectivity index (χ1n) is 5.39. The Balaban J connectivity index is 3.08. The molecule has 1 aromatic rings. The first-order valence-corrected chi connectivity index (χ1v) is 5.39. The van der Waals surface area contributed by atoms with Gasteiger partial charge in [0.25, 0.3) is 0 Å². The van der Waals surface area contributed by atoms with E-state index in [2.05, 4.69) is 6.92 Å². The summed E-state index contributed by atoms with van der Waals surface area (Å²) in [6.07, 6.45) is 2.46. The van der Waals surface area contributed by atoms with Gasteiger partial charge in [-0.05, 0) is 30.0 Å². The van der Waals surface area contributed by atoms with Crippen molar-refractivity contribution in [3.05, 3.63) is 34.9 Å². The summed E-state index contributed by atoms with van der Waals surface area (Å²) in [7, 11) is 0. The van der Waals surface area contributed by atoms with E-state index in [-0.39, 0.29) is 12.4 Å². The molecule has 1 aromatic carbocycles. The Morgan fingerprint density at radius 3 is 2.53 bits per heavy atom. The Labute approximate surface area is 90.9 Å². The summed E-state index contributed by atoms with van der Waals surface area (Å²) in [6, 6.07) is 5.87. The van der Waals surface area contributed by atoms with E-state index < -0.39 is 0 Å². The molecule has 0 spiro atoms. The van der Waals surface area contributed by atoms with Crippen LogP contribution in [-0.4, -0.2) is 10.9 Å². The second-order valence-electron chi connectivity index (χ2n) is 3.84. The highest BCUT2D eigenvalue weighted by Crippen LogP contribution is 2.18. The van der Waals surface area contributed by atoms with Crippen molar-refractivity contribution in [3.63, 3.8) is 0 Å². The third-order valence-electron chi connectivity index (χ3n) is 2.49. The Kier molecular flexibility index (Phi) is 4.50. The van der Waals surface area contributed by atoms with Crippen LogP contribution in [-0.2, 0) is 24.2 Å². The quantitative estimate of drug-likeness (QED) is 0.802. The van der Waals surface area contributed by atoms with E-state index >= 15 is 0 Å². The van der Waals surface area contributed by atoms with Gasteiger partial charge in [0, 0.05) is 6.42 Å². The van der Waals surface area contributed by atoms with E-state index in [1.54, 1.807) is 6.92 Å². The summed E-state index contributed by atoms with van der Waals surface area (Å²) < 4.78 is 0. The Hall–Kier alpha value is -1.15. The fraction of sp³-hybridized carbons (Fsp3) is 0.462. The lowest BCUT2D eigenvalue weighted by Gasteiger charge is -2.11. The van der Waals surface area contributed by atoms with Crippen LogP contribution in [0.3, 0.4) is 0 Å². The largest absolute Gasteiger partial charge is 0.392 e. The van der Waals surface area contributed by atoms with Crippen molar-refractivity contribution in [3.8, 4) is 0 Å². The highest BCUT2D eigenvalue weighted by atomic mass is 16.3. The molecule has 2 nitrogen and oxygen atoms in total. The molecule has 0 fully saturated rings. The minimum atomic E-state index is 0.0141. The predicted molar refractivity (Wildman–Crippen MR) is 60.7 cm³/mol. The van der Waals surface area contributed by atoms with Crippen LogP contribution in [0.4, 0.5) is 0 Å². The highest BCUT2D eigenvalue weighted by molar-refractivity contribution is 5.79. The highest BCUT2D eigenvalue weighted by Gasteiger charge is 2.08. The first-order chi connectivity index (χ1) is 7.19. The zero-order valence-corrected chi connectivity index (χ0v) is 9.42. The Morgan fingerprint density at radius 1 is 1.33 bits per heavy atom. The van der Waals surface area contributed by atoms with Crippen LogP contribution in [0.1, 0.15) is 37.0 Å². The van der Waals surface area contributed by atoms with Crippen molar-refractivity contribution >= 4 is 5.78 Å². The van der Waals surface area contributed by atoms with E-state index in [1.807, 2.05) is 18.2 Å². The lowest BCUT2D eigenvalue weighted by Crippen LogP contribution is -2.05. The average Bonchev–Trinajstić information content (AvgIpc) is 2.20. The van der Waals surface area contributed by atoms with Gasteiger partial charge in [0.2, 0.25) is 0 Å². The maximum Gasteiger partial charge on any atom is 0.134 e. The van der Waals surface area contributed by atoms with E-state index in [0.29, 0.717) is 6.42 Å². The van der Waals surface area contributed by atoms with Crippen molar-refractivity contribution in [1.29, 1.82) is 0 Å². The Morgan fingerprint density at radius 2 is 2.00 bits per heavy atom. The molecular formula is C13H18O2. The van der Waals surface area contributed by atoms with Gasteiger partial charge in [0.15, 0.2) is 0 Å². The maximum atomic E-state index is 11.2. The second kappa shape index (κ2) is 5.66. The van der Waals surface area contributed by atoms with E-state index in [0.717, 1.165) is 24.0 Å². The minimum Gasteiger partial charge on any atom is -0.392 e. The zero-order chi connectivity index (χ0) is 11.3. The molecule has 0 aliphatic carbocycles. The van der Waals surface area contributed by atoms with Crippen molar-refractivity contribution < 1.29 is 9.90 Å². The predicted octanol–water partition coefficient (Wildman–Crippen LogP) is 2.26. The van der Waals surface area contributed by atoms with Crippen LogP contribution in [0, 0.1) is 0 Å². The summed E-state index contributed by atoms with van der Waals surface area (Å²) in [4.78, 5) is 11.2. The third-order valence-corrected chi connectivity index (χ3v) is 2.49. The van der Waals surface area contributed by atoms with Crippen molar-refractivity contribution in [1.82, 2.24) is 0 Å². The van der Waals surface area contributed by atoms with Crippen LogP contribution in [0.2, 0.25) is 0 Å². The van der Waals surface area contributed by atoms with Gasteiger partial charge in [0.1, 0.15) is 5.78 Å². The molecule has 0 radical (unpaired) electrons. The van der Waals surface area contributed by atoms with Gasteiger partial charge in [-0.3, -0.25) is 4.79 Å². The lowest BCUT2D eigenvalue weighted by atomic mass is 9.94. The molecule has 0 aliphatic rings. The Bertz CT molecular complexity index is 342. The van der Waals surface area contributed by atoms with E-state index in [1.165, 1.54) is 5.56 Å². The molecule has 1 N–H and O–H groups in total. The molecule has 2 heteroatoms. The maximum absolute atomic E-state index is 11.2. The normalized spacial score (nSPS) is 10.3. The number of rotatable bonds is 5. The number of Topliss-reactive ketones (excluding diaryl/α,β-unsaturated/α-hetero) is 1. The molecule has 0 saturated carbocycles. The van der Waals surface area contributed by atoms with Gasteiger partial charge in [0.05, 0.1) is 6.61 Å². The number of aliphatic hydroxyl groups excluding tert-OH is 1. The molecule has 0 aliphatic heterocycles. The van der Waals surface area contributed by atoms with Gasteiger partial charge in [-0.15, -0.1) is 0 Å². The van der Waals surface area contributed by atoms with Gasteiger partial charge in [-0.25, -0.2) is 0 Å². The third kappa shape index (κ3) is 3.17. The lowest BCUT2D eigenvalue weighted by molar-refractivity contribution is -0.116. The topological polar surface area (TPSA) is 37.3 Å². The van der Waals surface area contributed by atoms with E-state index in [9.17, 15) is 9.90 Å². The van der Waals surface area contributed by atoms with Gasteiger partial charge < -0.3 is 5.11 Å². The molecule has 0 amide bonds. The van der Waals surface area contributed by atoms with Gasteiger partial charge in [-0.1, -0.05) is 31.5 Å². The number of carbonyl (C=O) groups is 1. The molecule has 0 heterocycles. The van der Waals surface area contributed by atoms with Crippen molar-refractivity contribution in [2.75, 3.05) is 0 Å². The van der Waals surface area contributed by atoms with Crippen LogP contribution in [0.15, 0.2) is 18.2 Å². The number of hydrogen-bond donors (Lipinski definition) is 1. The smallest absolute Gasteiger partial charge is 0.134 e. The first kappa shape index (κ1) is 11.9. The van der Waals surface area contributed by atoms with Crippen molar-refractivity contribution in [2.24, 2.45) is 0 Å². The fourth-order valence-corrected chi connectivity index (χ4v) is 1.82. The van der Waals surface area contributed by atoms with Crippen LogP contribution < -0.4 is 0 Å². The van der Waals surface area contributed by atoms with E-state index in [4.69, 9.17) is 0 Å². The average molecular weight is 206 g/mol. The molecule has 0 saturated heterocycles. The van der Waals surface area contributed by atoms with Crippen LogP contribution >= 0.6 is 0 Å². The van der Waals surface area contributed by atoms with Crippen LogP contribution in [0.5, 0.6) is 0 Å². The number of aliphatic hydroxyl groups is 1. The molecule has 82 valence electrons. The fourth-order valence-electron chi connectivity index (χ4n) is 1.82. The molecule has 1 rings (SSSR count). The summed E-state index contributed by atoms with van der Waals surface area (Å²) >= 11 is 0. The molecule has 0 atom stereocenters. The second-order valence-corrected chi connectivity index (χ2v) is 3.84. The molecule has 0 bridgehead atoms. The molecule has 0 unspecified atom stereocenters. The standard InChI is InChI=1S/C13H18O2/c1-3-5-11-6-4-7-12(9-14)13(11)8-10(2)15/h4,6-7,14H,3,5,8-9H2,1-2H3. The molecule has 15 heavy (non-hydrogen) atoms. The SMILES string of the molecule is CCCc1cccc(CO)c1CC(C)=O. The van der Waals surface area contributed by atoms with Gasteiger partial charge in [-0.2, -0.15) is 0 Å². The zero-order valence-electron chi connectivity index (χ0n) is 9.42. The number of benzene rings is 1. The van der Waals surface area contributed by atoms with Crippen LogP contribution in [0.25, 0.3) is 0 Å². The summed E-state index contributed by atoms with van der Waals surface area (Å²) in [5, 5.41) is 9.21. The molecule has 0 aromatic heterocycles. The summed E-state index contributed by atoms with van der Waals surface area (Å²) in [5.74, 6) is 0.147. The minimum absolute atomic E-state index is 0.0141. The monoisotopic (exact) mass is 206 g/mol. The number of hydrogen-bond acceptors (Lipinski definition) is 2. The van der Waals surface area contributed by atoms with Crippen molar-refractivity contribution in [2.45, 2.75) is 39.7 Å². The number of ketones is 1. The summed E-state index contributed by atoms with van der Waals surface area (Å²) in [5.41, 5.74) is 3.10. The molecular weight excluding hydrogens is 188 g/mol. The number of aryl methyl sites for hydroxylation is 1. The summed E-state index contributed by atoms with van der Waals surface area (Å²) in [6.45, 7) is 3.72.